The minimum absolute atomic E-state index is 0.0939. The maximum absolute atomic E-state index is 12.6. The molecule has 7 nitrogen and oxygen atoms in total. The highest BCUT2D eigenvalue weighted by molar-refractivity contribution is 7.88. The van der Waals surface area contributed by atoms with E-state index in [-0.39, 0.29) is 11.1 Å². The molecular weight excluding hydrogens is 349 g/mol. The van der Waals surface area contributed by atoms with Gasteiger partial charge in [0.1, 0.15) is 5.52 Å². The Kier molecular flexibility index (Phi) is 4.56. The van der Waals surface area contributed by atoms with Crippen LogP contribution in [0.2, 0.25) is 0 Å². The van der Waals surface area contributed by atoms with Gasteiger partial charge in [0.15, 0.2) is 5.75 Å². The standard InChI is InChI=1S/C13H13F3N4O3S/c1-8-5-19-20-7-9(10(4-17)6-18-2)3-11(12(8)20)23-24(21,22)13(14,15)16/h3-7H,17H2,1-2H3. The third kappa shape index (κ3) is 3.20. The number of pyridine rings is 1. The van der Waals surface area contributed by atoms with Crippen LogP contribution in [0.5, 0.6) is 5.75 Å². The predicted molar refractivity (Wildman–Crippen MR) is 82.1 cm³/mol. The number of hydrogen-bond donors (Lipinski definition) is 1. The van der Waals surface area contributed by atoms with E-state index < -0.39 is 21.4 Å². The van der Waals surface area contributed by atoms with Gasteiger partial charge in [-0.25, -0.2) is 4.52 Å². The molecule has 0 aromatic carbocycles. The molecule has 2 aromatic heterocycles. The molecular formula is C13H13F3N4O3S. The van der Waals surface area contributed by atoms with Crippen molar-refractivity contribution in [1.29, 1.82) is 0 Å². The summed E-state index contributed by atoms with van der Waals surface area (Å²) in [5.74, 6) is -0.510. The first-order chi connectivity index (χ1) is 11.1. The molecule has 0 fully saturated rings. The van der Waals surface area contributed by atoms with Crippen molar-refractivity contribution >= 4 is 27.4 Å². The van der Waals surface area contributed by atoms with Crippen LogP contribution in [0, 0.1) is 6.92 Å². The van der Waals surface area contributed by atoms with Crippen LogP contribution in [0.25, 0.3) is 11.1 Å². The Morgan fingerprint density at radius 1 is 1.46 bits per heavy atom. The Balaban J connectivity index is 2.70. The summed E-state index contributed by atoms with van der Waals surface area (Å²) in [5.41, 5.74) is 1.08. The number of nitrogens with zero attached hydrogens (tertiary/aromatic N) is 3. The van der Waals surface area contributed by atoms with E-state index in [0.717, 1.165) is 6.07 Å². The van der Waals surface area contributed by atoms with Crippen LogP contribution < -0.4 is 9.92 Å². The lowest BCUT2D eigenvalue weighted by atomic mass is 10.1. The molecule has 0 amide bonds. The van der Waals surface area contributed by atoms with Crippen LogP contribution in [0.15, 0.2) is 29.7 Å². The molecule has 0 radical (unpaired) electrons. The molecule has 2 heterocycles. The molecule has 130 valence electrons. The van der Waals surface area contributed by atoms with Crippen molar-refractivity contribution in [3.8, 4) is 5.75 Å². The van der Waals surface area contributed by atoms with E-state index >= 15 is 0 Å². The van der Waals surface area contributed by atoms with Gasteiger partial charge in [-0.05, 0) is 18.6 Å². The summed E-state index contributed by atoms with van der Waals surface area (Å²) in [5, 5.41) is 3.96. The van der Waals surface area contributed by atoms with E-state index in [4.69, 9.17) is 5.73 Å². The second-order valence-electron chi connectivity index (χ2n) is 4.71. The van der Waals surface area contributed by atoms with E-state index in [0.29, 0.717) is 11.1 Å². The molecule has 0 saturated heterocycles. The highest BCUT2D eigenvalue weighted by Crippen LogP contribution is 2.32. The normalized spacial score (nSPS) is 13.8. The van der Waals surface area contributed by atoms with Gasteiger partial charge in [-0.3, -0.25) is 4.99 Å². The fourth-order valence-electron chi connectivity index (χ4n) is 1.97. The number of aliphatic imine (C=N–C) groups is 1. The number of halogens is 3. The topological polar surface area (TPSA) is 99.0 Å². The molecule has 2 aromatic rings. The maximum atomic E-state index is 12.6. The summed E-state index contributed by atoms with van der Waals surface area (Å²) in [4.78, 5) is 3.77. The number of aromatic nitrogens is 2. The Morgan fingerprint density at radius 2 is 2.12 bits per heavy atom. The molecule has 2 rings (SSSR count). The lowest BCUT2D eigenvalue weighted by molar-refractivity contribution is -0.0499. The molecule has 0 atom stereocenters. The molecule has 2 N–H and O–H groups in total. The van der Waals surface area contributed by atoms with Crippen molar-refractivity contribution in [2.45, 2.75) is 12.4 Å². The molecule has 0 bridgehead atoms. The van der Waals surface area contributed by atoms with Gasteiger partial charge >= 0.3 is 15.6 Å². The SMILES string of the molecule is CN=CC(=CN)c1cc(OS(=O)(=O)C(F)(F)F)c2c(C)cnn2c1. The minimum Gasteiger partial charge on any atom is -0.404 e. The molecule has 0 unspecified atom stereocenters. The fraction of sp³-hybridized carbons (Fsp3) is 0.231. The van der Waals surface area contributed by atoms with Gasteiger partial charge < -0.3 is 9.92 Å². The van der Waals surface area contributed by atoms with E-state index in [9.17, 15) is 21.6 Å². The Morgan fingerprint density at radius 3 is 2.67 bits per heavy atom. The highest BCUT2D eigenvalue weighted by atomic mass is 32.2. The number of nitrogens with two attached hydrogens (primary N) is 1. The summed E-state index contributed by atoms with van der Waals surface area (Å²) < 4.78 is 66.0. The van der Waals surface area contributed by atoms with E-state index in [1.807, 2.05) is 0 Å². The third-order valence-corrected chi connectivity index (χ3v) is 3.99. The Labute approximate surface area is 135 Å². The Hall–Kier alpha value is -2.56. The van der Waals surface area contributed by atoms with E-state index in [2.05, 4.69) is 14.3 Å². The lowest BCUT2D eigenvalue weighted by Gasteiger charge is -2.12. The summed E-state index contributed by atoms with van der Waals surface area (Å²) in [6, 6.07) is 1.13. The minimum atomic E-state index is -5.82. The second kappa shape index (κ2) is 6.15. The number of hydrogen-bond acceptors (Lipinski definition) is 6. The van der Waals surface area contributed by atoms with Crippen LogP contribution in [0.4, 0.5) is 13.2 Å². The van der Waals surface area contributed by atoms with Crippen molar-refractivity contribution < 1.29 is 25.8 Å². The average Bonchev–Trinajstić information content (AvgIpc) is 2.84. The number of alkyl halides is 3. The first-order valence-electron chi connectivity index (χ1n) is 6.44. The van der Waals surface area contributed by atoms with E-state index in [1.54, 1.807) is 6.92 Å². The van der Waals surface area contributed by atoms with Crippen molar-refractivity contribution in [2.24, 2.45) is 10.7 Å². The van der Waals surface area contributed by atoms with Crippen LogP contribution in [0.1, 0.15) is 11.1 Å². The molecule has 0 aliphatic rings. The summed E-state index contributed by atoms with van der Waals surface area (Å²) in [6.45, 7) is 1.56. The summed E-state index contributed by atoms with van der Waals surface area (Å²) >= 11 is 0. The number of rotatable bonds is 4. The number of aryl methyl sites for hydroxylation is 1. The fourth-order valence-corrected chi connectivity index (χ4v) is 2.43. The highest BCUT2D eigenvalue weighted by Gasteiger charge is 2.48. The first-order valence-corrected chi connectivity index (χ1v) is 7.84. The zero-order chi connectivity index (χ0) is 18.1. The maximum Gasteiger partial charge on any atom is 0.534 e. The van der Waals surface area contributed by atoms with Gasteiger partial charge in [-0.2, -0.15) is 26.7 Å². The van der Waals surface area contributed by atoms with Crippen LogP contribution >= 0.6 is 0 Å². The van der Waals surface area contributed by atoms with Gasteiger partial charge in [-0.15, -0.1) is 0 Å². The summed E-state index contributed by atoms with van der Waals surface area (Å²) in [7, 11) is -4.35. The van der Waals surface area contributed by atoms with Gasteiger partial charge in [0.05, 0.1) is 6.20 Å². The molecule has 0 aliphatic carbocycles. The van der Waals surface area contributed by atoms with Crippen LogP contribution in [0.3, 0.4) is 0 Å². The largest absolute Gasteiger partial charge is 0.534 e. The van der Waals surface area contributed by atoms with Gasteiger partial charge in [0, 0.05) is 36.8 Å². The van der Waals surface area contributed by atoms with Crippen molar-refractivity contribution in [3.05, 3.63) is 35.8 Å². The lowest BCUT2D eigenvalue weighted by Crippen LogP contribution is -2.28. The first kappa shape index (κ1) is 17.8. The molecule has 0 spiro atoms. The van der Waals surface area contributed by atoms with Crippen molar-refractivity contribution in [3.63, 3.8) is 0 Å². The second-order valence-corrected chi connectivity index (χ2v) is 6.24. The molecule has 24 heavy (non-hydrogen) atoms. The number of fused-ring (bicyclic) bond motifs is 1. The van der Waals surface area contributed by atoms with Crippen molar-refractivity contribution in [1.82, 2.24) is 9.61 Å². The summed E-state index contributed by atoms with van der Waals surface area (Å²) in [6.07, 6.45) is 5.37. The van der Waals surface area contributed by atoms with Crippen molar-refractivity contribution in [2.75, 3.05) is 7.05 Å². The van der Waals surface area contributed by atoms with Gasteiger partial charge in [0.25, 0.3) is 0 Å². The zero-order valence-corrected chi connectivity index (χ0v) is 13.4. The van der Waals surface area contributed by atoms with Gasteiger partial charge in [-0.1, -0.05) is 0 Å². The third-order valence-electron chi connectivity index (χ3n) is 3.02. The smallest absolute Gasteiger partial charge is 0.404 e. The zero-order valence-electron chi connectivity index (χ0n) is 12.6. The quantitative estimate of drug-likeness (QED) is 0.509. The van der Waals surface area contributed by atoms with Crippen LogP contribution in [-0.2, 0) is 10.1 Å². The van der Waals surface area contributed by atoms with Crippen LogP contribution in [-0.4, -0.2) is 36.8 Å². The average molecular weight is 362 g/mol. The monoisotopic (exact) mass is 362 g/mol. The van der Waals surface area contributed by atoms with Gasteiger partial charge in [0.2, 0.25) is 0 Å². The van der Waals surface area contributed by atoms with E-state index in [1.165, 1.54) is 36.4 Å². The molecule has 11 heteroatoms. The Bertz CT molecular complexity index is 930. The predicted octanol–water partition coefficient (Wildman–Crippen LogP) is 1.87. The molecule has 0 aliphatic heterocycles. The molecule has 0 saturated carbocycles. The number of allylic oxidation sites excluding steroid dienone is 1.